The average molecular weight is 474 g/mol. The van der Waals surface area contributed by atoms with E-state index in [-0.39, 0.29) is 11.5 Å². The van der Waals surface area contributed by atoms with Crippen molar-refractivity contribution in [3.63, 3.8) is 0 Å². The van der Waals surface area contributed by atoms with E-state index >= 15 is 0 Å². The zero-order valence-corrected chi connectivity index (χ0v) is 20.7. The summed E-state index contributed by atoms with van der Waals surface area (Å²) in [5.41, 5.74) is 3.57. The third-order valence-corrected chi connectivity index (χ3v) is 8.10. The van der Waals surface area contributed by atoms with Crippen molar-refractivity contribution in [3.05, 3.63) is 81.0 Å². The summed E-state index contributed by atoms with van der Waals surface area (Å²) in [6.45, 7) is 8.51. The Morgan fingerprint density at radius 3 is 2.62 bits per heavy atom. The van der Waals surface area contributed by atoms with Gasteiger partial charge >= 0.3 is 0 Å². The molecule has 0 bridgehead atoms. The first kappa shape index (κ1) is 22.8. The van der Waals surface area contributed by atoms with E-state index in [9.17, 15) is 9.59 Å². The Morgan fingerprint density at radius 1 is 1.06 bits per heavy atom. The van der Waals surface area contributed by atoms with Crippen molar-refractivity contribution in [1.82, 2.24) is 14.8 Å². The van der Waals surface area contributed by atoms with E-state index in [0.717, 1.165) is 48.1 Å². The number of rotatable bonds is 6. The number of para-hydroxylation sites is 1. The first-order chi connectivity index (χ1) is 16.5. The molecule has 0 unspecified atom stereocenters. The number of aromatic nitrogens is 1. The predicted octanol–water partition coefficient (Wildman–Crippen LogP) is 5.19. The number of carbonyl (C=O) groups is 1. The highest BCUT2D eigenvalue weighted by Gasteiger charge is 2.21. The van der Waals surface area contributed by atoms with Crippen LogP contribution in [0.4, 0.5) is 0 Å². The number of hydrogen-bond donors (Lipinski definition) is 1. The van der Waals surface area contributed by atoms with Crippen LogP contribution in [0.15, 0.2) is 59.4 Å². The molecule has 4 aromatic rings. The molecular formula is C28H31N3O2S. The third kappa shape index (κ3) is 4.52. The molecule has 6 heteroatoms. The van der Waals surface area contributed by atoms with Crippen LogP contribution in [0.5, 0.6) is 0 Å². The highest BCUT2D eigenvalue weighted by atomic mass is 32.1. The Kier molecular flexibility index (Phi) is 6.53. The zero-order valence-electron chi connectivity index (χ0n) is 19.8. The maximum atomic E-state index is 13.0. The monoisotopic (exact) mass is 473 g/mol. The molecule has 5 rings (SSSR count). The van der Waals surface area contributed by atoms with E-state index in [2.05, 4.69) is 41.4 Å². The Labute approximate surface area is 204 Å². The van der Waals surface area contributed by atoms with Crippen LogP contribution in [0.3, 0.4) is 0 Å². The molecule has 3 heterocycles. The molecular weight excluding hydrogens is 442 g/mol. The molecule has 1 N–H and O–H groups in total. The van der Waals surface area contributed by atoms with Gasteiger partial charge in [0.15, 0.2) is 0 Å². The van der Waals surface area contributed by atoms with Gasteiger partial charge in [-0.3, -0.25) is 14.5 Å². The zero-order chi connectivity index (χ0) is 23.7. The average Bonchev–Trinajstić information content (AvgIpc) is 3.30. The molecule has 0 atom stereocenters. The minimum absolute atomic E-state index is 0.0209. The third-order valence-electron chi connectivity index (χ3n) is 6.93. The Morgan fingerprint density at radius 2 is 1.85 bits per heavy atom. The van der Waals surface area contributed by atoms with E-state index in [0.29, 0.717) is 29.3 Å². The van der Waals surface area contributed by atoms with Crippen LogP contribution >= 0.6 is 11.3 Å². The molecule has 1 aliphatic heterocycles. The van der Waals surface area contributed by atoms with Crippen molar-refractivity contribution < 1.29 is 4.79 Å². The van der Waals surface area contributed by atoms with Gasteiger partial charge in [0.2, 0.25) is 0 Å². The lowest BCUT2D eigenvalue weighted by atomic mass is 9.96. The lowest BCUT2D eigenvalue weighted by Crippen LogP contribution is -2.38. The number of benzene rings is 2. The number of amides is 1. The smallest absolute Gasteiger partial charge is 0.261 e. The van der Waals surface area contributed by atoms with E-state index in [4.69, 9.17) is 0 Å². The van der Waals surface area contributed by atoms with Crippen molar-refractivity contribution in [2.75, 3.05) is 19.6 Å². The number of aryl methyl sites for hydroxylation is 2. The maximum absolute atomic E-state index is 13.0. The summed E-state index contributed by atoms with van der Waals surface area (Å²) in [4.78, 5) is 29.1. The fourth-order valence-corrected chi connectivity index (χ4v) is 6.17. The van der Waals surface area contributed by atoms with Crippen LogP contribution < -0.4 is 10.9 Å². The number of fused-ring (bicyclic) bond motifs is 3. The molecule has 0 aliphatic carbocycles. The predicted molar refractivity (Wildman–Crippen MR) is 141 cm³/mol. The summed E-state index contributed by atoms with van der Waals surface area (Å²) in [7, 11) is 0. The van der Waals surface area contributed by atoms with Crippen molar-refractivity contribution in [2.45, 2.75) is 39.8 Å². The summed E-state index contributed by atoms with van der Waals surface area (Å²) in [5.74, 6) is 0.417. The van der Waals surface area contributed by atoms with Crippen molar-refractivity contribution in [2.24, 2.45) is 5.92 Å². The molecule has 0 spiro atoms. The standard InChI is InChI=1S/C28H31N3O2S/c1-3-31-24-10-5-4-9-22(24)26-23(28(31)33)16-25(34-26)27(32)29-17-20-11-13-30(14-12-20)18-21-8-6-7-19(2)15-21/h4-10,15-16,20H,3,11-14,17-18H2,1-2H3,(H,29,32). The van der Waals surface area contributed by atoms with Gasteiger partial charge in [0.25, 0.3) is 11.5 Å². The minimum Gasteiger partial charge on any atom is -0.351 e. The second-order valence-electron chi connectivity index (χ2n) is 9.34. The molecule has 2 aromatic heterocycles. The maximum Gasteiger partial charge on any atom is 0.261 e. The molecule has 0 saturated carbocycles. The van der Waals surface area contributed by atoms with Gasteiger partial charge in [0.1, 0.15) is 0 Å². The molecule has 1 saturated heterocycles. The molecule has 1 aliphatic rings. The SMILES string of the molecule is CCn1c(=O)c2cc(C(=O)NCC3CCN(Cc4cccc(C)c4)CC3)sc2c2ccccc21. The van der Waals surface area contributed by atoms with Crippen LogP contribution in [0.25, 0.3) is 21.0 Å². The summed E-state index contributed by atoms with van der Waals surface area (Å²) in [6.07, 6.45) is 2.18. The van der Waals surface area contributed by atoms with E-state index < -0.39 is 0 Å². The van der Waals surface area contributed by atoms with Gasteiger partial charge in [-0.05, 0) is 63.4 Å². The summed E-state index contributed by atoms with van der Waals surface area (Å²) < 4.78 is 2.69. The van der Waals surface area contributed by atoms with Crippen LogP contribution in [0.1, 0.15) is 40.6 Å². The number of thiophene rings is 1. The Hall–Kier alpha value is -2.96. The van der Waals surface area contributed by atoms with Gasteiger partial charge < -0.3 is 9.88 Å². The molecule has 0 radical (unpaired) electrons. The lowest BCUT2D eigenvalue weighted by Gasteiger charge is -2.32. The number of piperidine rings is 1. The van der Waals surface area contributed by atoms with Gasteiger partial charge in [-0.25, -0.2) is 0 Å². The molecule has 1 fully saturated rings. The van der Waals surface area contributed by atoms with Gasteiger partial charge in [-0.1, -0.05) is 48.0 Å². The number of nitrogens with zero attached hydrogens (tertiary/aromatic N) is 2. The van der Waals surface area contributed by atoms with E-state index in [1.165, 1.54) is 22.5 Å². The van der Waals surface area contributed by atoms with Gasteiger partial charge in [0, 0.05) is 29.7 Å². The highest BCUT2D eigenvalue weighted by molar-refractivity contribution is 7.21. The Balaban J connectivity index is 1.23. The van der Waals surface area contributed by atoms with E-state index in [1.54, 1.807) is 10.6 Å². The number of likely N-dealkylation sites (tertiary alicyclic amines) is 1. The molecule has 5 nitrogen and oxygen atoms in total. The largest absolute Gasteiger partial charge is 0.351 e. The molecule has 1 amide bonds. The topological polar surface area (TPSA) is 54.3 Å². The van der Waals surface area contributed by atoms with Crippen LogP contribution in [0, 0.1) is 12.8 Å². The van der Waals surface area contributed by atoms with Crippen LogP contribution in [-0.2, 0) is 13.1 Å². The quantitative estimate of drug-likeness (QED) is 0.419. The number of hydrogen-bond acceptors (Lipinski definition) is 4. The number of carbonyl (C=O) groups excluding carboxylic acids is 1. The van der Waals surface area contributed by atoms with Crippen molar-refractivity contribution >= 4 is 38.2 Å². The van der Waals surface area contributed by atoms with Gasteiger partial charge in [0.05, 0.1) is 15.8 Å². The second kappa shape index (κ2) is 9.72. The van der Waals surface area contributed by atoms with Gasteiger partial charge in [-0.15, -0.1) is 11.3 Å². The molecule has 34 heavy (non-hydrogen) atoms. The first-order valence-corrected chi connectivity index (χ1v) is 13.0. The fraction of sp³-hybridized carbons (Fsp3) is 0.357. The van der Waals surface area contributed by atoms with Crippen LogP contribution in [0.2, 0.25) is 0 Å². The molecule has 2 aromatic carbocycles. The first-order valence-electron chi connectivity index (χ1n) is 12.1. The van der Waals surface area contributed by atoms with Crippen molar-refractivity contribution in [3.8, 4) is 0 Å². The highest BCUT2D eigenvalue weighted by Crippen LogP contribution is 2.30. The van der Waals surface area contributed by atoms with E-state index in [1.807, 2.05) is 31.2 Å². The van der Waals surface area contributed by atoms with Crippen molar-refractivity contribution in [1.29, 1.82) is 0 Å². The lowest BCUT2D eigenvalue weighted by molar-refractivity contribution is 0.0939. The Bertz CT molecular complexity index is 1400. The van der Waals surface area contributed by atoms with Gasteiger partial charge in [-0.2, -0.15) is 0 Å². The van der Waals surface area contributed by atoms with Crippen LogP contribution in [-0.4, -0.2) is 35.0 Å². The minimum atomic E-state index is -0.0741. The summed E-state index contributed by atoms with van der Waals surface area (Å²) in [5, 5.41) is 4.81. The number of pyridine rings is 1. The number of nitrogens with one attached hydrogen (secondary N) is 1. The summed E-state index contributed by atoms with van der Waals surface area (Å²) >= 11 is 1.42. The summed E-state index contributed by atoms with van der Waals surface area (Å²) in [6, 6.07) is 18.4. The second-order valence-corrected chi connectivity index (χ2v) is 10.4. The molecule has 176 valence electrons. The normalized spacial score (nSPS) is 15.2. The fourth-order valence-electron chi connectivity index (χ4n) is 5.07.